The topological polar surface area (TPSA) is 68.2 Å². The van der Waals surface area contributed by atoms with Crippen molar-refractivity contribution in [2.24, 2.45) is 5.73 Å². The molecule has 5 nitrogen and oxygen atoms in total. The van der Waals surface area contributed by atoms with Crippen molar-refractivity contribution >= 4 is 5.69 Å². The molecule has 2 N–H and O–H groups in total. The number of aryl methyl sites for hydroxylation is 1. The van der Waals surface area contributed by atoms with E-state index < -0.39 is 0 Å². The molecule has 0 radical (unpaired) electrons. The molecular formula is C13H18N4O. The van der Waals surface area contributed by atoms with Crippen molar-refractivity contribution < 1.29 is 4.52 Å². The number of nitrogens with zero attached hydrogens (tertiary/aromatic N) is 3. The normalized spacial score (nSPS) is 10.6. The van der Waals surface area contributed by atoms with Crippen molar-refractivity contribution in [3.8, 4) is 0 Å². The quantitative estimate of drug-likeness (QED) is 0.872. The molecule has 0 spiro atoms. The van der Waals surface area contributed by atoms with E-state index in [1.165, 1.54) is 11.3 Å². The largest absolute Gasteiger partial charge is 0.364 e. The summed E-state index contributed by atoms with van der Waals surface area (Å²) >= 11 is 0. The first kappa shape index (κ1) is 12.6. The third-order valence-corrected chi connectivity index (χ3v) is 2.85. The minimum Gasteiger partial charge on any atom is -0.364 e. The summed E-state index contributed by atoms with van der Waals surface area (Å²) < 4.78 is 5.01. The van der Waals surface area contributed by atoms with Crippen LogP contribution in [0.3, 0.4) is 0 Å². The lowest BCUT2D eigenvalue weighted by Crippen LogP contribution is -2.23. The molecule has 2 aromatic rings. The van der Waals surface area contributed by atoms with Crippen molar-refractivity contribution in [2.45, 2.75) is 26.9 Å². The number of benzene rings is 1. The molecule has 0 saturated carbocycles. The van der Waals surface area contributed by atoms with Crippen LogP contribution in [-0.2, 0) is 13.1 Å². The van der Waals surface area contributed by atoms with Crippen LogP contribution in [0.4, 0.5) is 5.69 Å². The fourth-order valence-electron chi connectivity index (χ4n) is 1.89. The molecule has 0 saturated heterocycles. The highest BCUT2D eigenvalue weighted by molar-refractivity contribution is 5.52. The number of para-hydroxylation sites is 1. The first-order valence-corrected chi connectivity index (χ1v) is 6.06. The Morgan fingerprint density at radius 1 is 1.33 bits per heavy atom. The molecule has 2 rings (SSSR count). The van der Waals surface area contributed by atoms with Gasteiger partial charge < -0.3 is 15.2 Å². The summed E-state index contributed by atoms with van der Waals surface area (Å²) in [4.78, 5) is 6.44. The molecule has 0 unspecified atom stereocenters. The zero-order valence-electron chi connectivity index (χ0n) is 10.8. The number of nitrogens with two attached hydrogens (primary N) is 1. The summed E-state index contributed by atoms with van der Waals surface area (Å²) in [5, 5.41) is 3.92. The first-order valence-electron chi connectivity index (χ1n) is 6.06. The van der Waals surface area contributed by atoms with Gasteiger partial charge in [-0.1, -0.05) is 23.4 Å². The minimum atomic E-state index is 0.281. The van der Waals surface area contributed by atoms with Crippen LogP contribution in [0.5, 0.6) is 0 Å². The molecule has 0 atom stereocenters. The van der Waals surface area contributed by atoms with E-state index in [2.05, 4.69) is 41.0 Å². The fourth-order valence-corrected chi connectivity index (χ4v) is 1.89. The third-order valence-electron chi connectivity index (χ3n) is 2.85. The van der Waals surface area contributed by atoms with Gasteiger partial charge in [0.2, 0.25) is 5.89 Å². The molecule has 0 amide bonds. The van der Waals surface area contributed by atoms with E-state index in [9.17, 15) is 0 Å². The molecule has 0 fully saturated rings. The highest BCUT2D eigenvalue weighted by Crippen LogP contribution is 2.20. The lowest BCUT2D eigenvalue weighted by atomic mass is 10.2. The summed E-state index contributed by atoms with van der Waals surface area (Å²) in [6.07, 6.45) is 0. The molecule has 96 valence electrons. The second kappa shape index (κ2) is 5.64. The predicted molar refractivity (Wildman–Crippen MR) is 70.1 cm³/mol. The predicted octanol–water partition coefficient (Wildman–Crippen LogP) is 1.86. The van der Waals surface area contributed by atoms with Gasteiger partial charge in [-0.15, -0.1) is 0 Å². The van der Waals surface area contributed by atoms with Crippen LogP contribution in [0.1, 0.15) is 24.2 Å². The summed E-state index contributed by atoms with van der Waals surface area (Å²) in [7, 11) is 0. The maximum atomic E-state index is 5.45. The van der Waals surface area contributed by atoms with Crippen LogP contribution in [0.2, 0.25) is 0 Å². The Morgan fingerprint density at radius 3 is 2.72 bits per heavy atom. The second-order valence-electron chi connectivity index (χ2n) is 4.11. The summed E-state index contributed by atoms with van der Waals surface area (Å²) in [5.74, 6) is 1.14. The average molecular weight is 246 g/mol. The molecule has 0 aliphatic carbocycles. The van der Waals surface area contributed by atoms with E-state index in [1.54, 1.807) is 0 Å². The van der Waals surface area contributed by atoms with Crippen LogP contribution in [0.25, 0.3) is 0 Å². The number of hydrogen-bond acceptors (Lipinski definition) is 5. The van der Waals surface area contributed by atoms with Crippen molar-refractivity contribution in [1.29, 1.82) is 0 Å². The van der Waals surface area contributed by atoms with Crippen LogP contribution in [0, 0.1) is 6.92 Å². The van der Waals surface area contributed by atoms with E-state index in [-0.39, 0.29) is 6.54 Å². The van der Waals surface area contributed by atoms with E-state index in [0.29, 0.717) is 18.3 Å². The maximum absolute atomic E-state index is 5.45. The molecule has 5 heteroatoms. The Kier molecular flexibility index (Phi) is 3.94. The third kappa shape index (κ3) is 2.68. The van der Waals surface area contributed by atoms with Gasteiger partial charge in [0.1, 0.15) is 0 Å². The van der Waals surface area contributed by atoms with E-state index >= 15 is 0 Å². The highest BCUT2D eigenvalue weighted by Gasteiger charge is 2.11. The maximum Gasteiger partial charge on any atom is 0.240 e. The molecule has 0 aliphatic heterocycles. The number of rotatable bonds is 5. The number of hydrogen-bond donors (Lipinski definition) is 1. The van der Waals surface area contributed by atoms with Crippen molar-refractivity contribution in [2.75, 3.05) is 11.4 Å². The molecule has 0 aliphatic rings. The van der Waals surface area contributed by atoms with E-state index in [1.807, 2.05) is 12.1 Å². The molecular weight excluding hydrogens is 228 g/mol. The molecule has 0 bridgehead atoms. The molecule has 1 aromatic carbocycles. The first-order chi connectivity index (χ1) is 8.74. The van der Waals surface area contributed by atoms with Gasteiger partial charge in [-0.25, -0.2) is 0 Å². The van der Waals surface area contributed by atoms with Crippen LogP contribution in [0.15, 0.2) is 28.8 Å². The van der Waals surface area contributed by atoms with Gasteiger partial charge in [0.05, 0.1) is 13.1 Å². The minimum absolute atomic E-state index is 0.281. The van der Waals surface area contributed by atoms with Gasteiger partial charge in [-0.05, 0) is 25.5 Å². The monoisotopic (exact) mass is 246 g/mol. The smallest absolute Gasteiger partial charge is 0.240 e. The van der Waals surface area contributed by atoms with Gasteiger partial charge in [-0.3, -0.25) is 0 Å². The Hall–Kier alpha value is -1.88. The van der Waals surface area contributed by atoms with Gasteiger partial charge in [0.15, 0.2) is 5.82 Å². The number of aromatic nitrogens is 2. The molecule has 1 aromatic heterocycles. The van der Waals surface area contributed by atoms with Crippen molar-refractivity contribution in [3.63, 3.8) is 0 Å². The Labute approximate surface area is 107 Å². The lowest BCUT2D eigenvalue weighted by Gasteiger charge is -2.23. The van der Waals surface area contributed by atoms with Gasteiger partial charge in [-0.2, -0.15) is 4.98 Å². The van der Waals surface area contributed by atoms with E-state index in [0.717, 1.165) is 6.54 Å². The highest BCUT2D eigenvalue weighted by atomic mass is 16.5. The Bertz CT molecular complexity index is 509. The summed E-state index contributed by atoms with van der Waals surface area (Å²) in [5.41, 5.74) is 7.88. The van der Waals surface area contributed by atoms with Crippen LogP contribution in [-0.4, -0.2) is 16.7 Å². The molecule has 18 heavy (non-hydrogen) atoms. The van der Waals surface area contributed by atoms with Gasteiger partial charge in [0, 0.05) is 12.2 Å². The van der Waals surface area contributed by atoms with Gasteiger partial charge >= 0.3 is 0 Å². The van der Waals surface area contributed by atoms with Crippen LogP contribution >= 0.6 is 0 Å². The van der Waals surface area contributed by atoms with Gasteiger partial charge in [0.25, 0.3) is 0 Å². The zero-order chi connectivity index (χ0) is 13.0. The summed E-state index contributed by atoms with van der Waals surface area (Å²) in [6.45, 7) is 6.00. The van der Waals surface area contributed by atoms with E-state index in [4.69, 9.17) is 10.3 Å². The van der Waals surface area contributed by atoms with Crippen molar-refractivity contribution in [1.82, 2.24) is 10.1 Å². The summed E-state index contributed by atoms with van der Waals surface area (Å²) in [6, 6.07) is 8.27. The zero-order valence-corrected chi connectivity index (χ0v) is 10.8. The number of anilines is 1. The van der Waals surface area contributed by atoms with Crippen LogP contribution < -0.4 is 10.6 Å². The lowest BCUT2D eigenvalue weighted by molar-refractivity contribution is 0.374. The fraction of sp³-hybridized carbons (Fsp3) is 0.385. The SMILES string of the molecule is CCN(Cc1noc(CN)n1)c1ccccc1C. The second-order valence-corrected chi connectivity index (χ2v) is 4.11. The Balaban J connectivity index is 2.17. The Morgan fingerprint density at radius 2 is 2.11 bits per heavy atom. The van der Waals surface area contributed by atoms with Crippen molar-refractivity contribution in [3.05, 3.63) is 41.5 Å². The average Bonchev–Trinajstić information content (AvgIpc) is 2.85. The standard InChI is InChI=1S/C13H18N4O/c1-3-17(11-7-5-4-6-10(11)2)9-12-15-13(8-14)18-16-12/h4-7H,3,8-9,14H2,1-2H3. The molecule has 1 heterocycles.